The van der Waals surface area contributed by atoms with E-state index in [2.05, 4.69) is 4.84 Å². The Morgan fingerprint density at radius 1 is 1.18 bits per heavy atom. The number of carbonyl (C=O) groups excluding carboxylic acids is 4. The molecule has 15 heteroatoms. The van der Waals surface area contributed by atoms with Crippen LogP contribution < -0.4 is 5.73 Å². The summed E-state index contributed by atoms with van der Waals surface area (Å²) in [6, 6.07) is -1.36. The molecule has 14 nitrogen and oxygen atoms in total. The summed E-state index contributed by atoms with van der Waals surface area (Å²) in [5, 5.41) is 32.5. The fraction of sp³-hybridized carbons (Fsp3) is 0.733. The van der Waals surface area contributed by atoms with Crippen LogP contribution in [0.3, 0.4) is 0 Å². The maximum Gasteiger partial charge on any atom is 0.508 e. The van der Waals surface area contributed by atoms with Crippen molar-refractivity contribution in [3.63, 3.8) is 0 Å². The van der Waals surface area contributed by atoms with Crippen molar-refractivity contribution in [3.05, 3.63) is 33.9 Å². The molecular weight excluding hydrogens is 599 g/mol. The fourth-order valence-corrected chi connectivity index (χ4v) is 8.27. The Hall–Kier alpha value is -3.43. The van der Waals surface area contributed by atoms with Crippen molar-refractivity contribution < 1.29 is 57.9 Å². The third kappa shape index (κ3) is 5.85. The molecule has 0 heterocycles. The molecule has 3 fully saturated rings. The summed E-state index contributed by atoms with van der Waals surface area (Å²) in [7, 11) is 0. The van der Waals surface area contributed by atoms with Gasteiger partial charge >= 0.3 is 12.1 Å². The first-order chi connectivity index (χ1) is 21.0. The zero-order valence-electron chi connectivity index (χ0n) is 25.6. The van der Waals surface area contributed by atoms with E-state index in [0.717, 1.165) is 0 Å². The number of aliphatic hydroxyl groups is 2. The summed E-state index contributed by atoms with van der Waals surface area (Å²) >= 11 is 0. The summed E-state index contributed by atoms with van der Waals surface area (Å²) in [5.74, 6) is -3.81. The molecule has 0 radical (unpaired) electrons. The van der Waals surface area contributed by atoms with E-state index in [9.17, 15) is 39.5 Å². The van der Waals surface area contributed by atoms with Crippen LogP contribution in [0, 0.1) is 38.7 Å². The van der Waals surface area contributed by atoms with Gasteiger partial charge in [0.05, 0.1) is 19.3 Å². The van der Waals surface area contributed by atoms with Crippen LogP contribution in [0.15, 0.2) is 23.8 Å². The number of esters is 1. The number of hydrogen-bond donors (Lipinski definition) is 3. The van der Waals surface area contributed by atoms with Gasteiger partial charge in [-0.3, -0.25) is 14.4 Å². The number of Topliss-reactive ketones (excluding diaryl/α,β-unsaturated/α-hetero) is 1. The monoisotopic (exact) mass is 640 g/mol. The second-order valence-corrected chi connectivity index (χ2v) is 13.0. The summed E-state index contributed by atoms with van der Waals surface area (Å²) in [4.78, 5) is 64.0. The minimum absolute atomic E-state index is 0.0877. The van der Waals surface area contributed by atoms with E-state index in [0.29, 0.717) is 24.8 Å². The van der Waals surface area contributed by atoms with Crippen LogP contribution in [-0.4, -0.2) is 88.8 Å². The van der Waals surface area contributed by atoms with Crippen molar-refractivity contribution >= 4 is 23.7 Å². The number of aliphatic hydroxyl groups excluding tert-OH is 1. The lowest BCUT2D eigenvalue weighted by atomic mass is 9.44. The number of fused-ring (bicyclic) bond motifs is 5. The topological polar surface area (TPSA) is 215 Å². The number of ether oxygens (including phenoxy) is 3. The number of hydrogen-bond acceptors (Lipinski definition) is 13. The minimum Gasteiger partial charge on any atom is -0.464 e. The van der Waals surface area contributed by atoms with Gasteiger partial charge < -0.3 is 35.0 Å². The average Bonchev–Trinajstić information content (AvgIpc) is 3.18. The molecule has 4 aliphatic rings. The first kappa shape index (κ1) is 34.4. The largest absolute Gasteiger partial charge is 0.508 e. The number of rotatable bonds is 12. The van der Waals surface area contributed by atoms with Crippen molar-refractivity contribution in [2.45, 2.75) is 82.7 Å². The molecule has 0 bridgehead atoms. The lowest BCUT2D eigenvalue weighted by Crippen LogP contribution is -2.69. The molecule has 0 spiro atoms. The molecule has 45 heavy (non-hydrogen) atoms. The lowest BCUT2D eigenvalue weighted by Gasteiger charge is -2.62. The maximum absolute atomic E-state index is 17.3. The highest BCUT2D eigenvalue weighted by molar-refractivity contribution is 6.01. The fourth-order valence-electron chi connectivity index (χ4n) is 8.27. The van der Waals surface area contributed by atoms with Gasteiger partial charge in [-0.1, -0.05) is 25.5 Å². The van der Waals surface area contributed by atoms with E-state index >= 15 is 4.39 Å². The zero-order valence-corrected chi connectivity index (χ0v) is 25.6. The van der Waals surface area contributed by atoms with Gasteiger partial charge in [0.2, 0.25) is 5.78 Å². The minimum atomic E-state index is -2.13. The third-order valence-corrected chi connectivity index (χ3v) is 10.6. The highest BCUT2D eigenvalue weighted by atomic mass is 19.1. The van der Waals surface area contributed by atoms with E-state index in [4.69, 9.17) is 19.9 Å². The van der Waals surface area contributed by atoms with Crippen LogP contribution >= 0.6 is 0 Å². The summed E-state index contributed by atoms with van der Waals surface area (Å²) in [5.41, 5.74) is -0.365. The predicted octanol–water partition coefficient (Wildman–Crippen LogP) is 1.92. The molecule has 250 valence electrons. The lowest BCUT2D eigenvalue weighted by molar-refractivity contribution is -0.757. The predicted molar refractivity (Wildman–Crippen MR) is 151 cm³/mol. The Morgan fingerprint density at radius 3 is 2.56 bits per heavy atom. The number of carbonyl (C=O) groups is 4. The number of nitrogens with two attached hydrogens (primary N) is 1. The Balaban J connectivity index is 1.34. The van der Waals surface area contributed by atoms with Crippen LogP contribution in [0.4, 0.5) is 9.18 Å². The van der Waals surface area contributed by atoms with Crippen LogP contribution in [0.2, 0.25) is 0 Å². The van der Waals surface area contributed by atoms with E-state index in [1.54, 1.807) is 20.8 Å². The van der Waals surface area contributed by atoms with Crippen molar-refractivity contribution in [1.82, 2.24) is 0 Å². The molecule has 4 N–H and O–H groups in total. The zero-order chi connectivity index (χ0) is 33.4. The van der Waals surface area contributed by atoms with Gasteiger partial charge in [-0.25, -0.2) is 9.18 Å². The molecule has 3 saturated carbocycles. The van der Waals surface area contributed by atoms with Crippen molar-refractivity contribution in [2.24, 2.45) is 34.3 Å². The van der Waals surface area contributed by atoms with E-state index < -0.39 is 88.2 Å². The number of unbranched alkanes of at least 4 members (excludes halogenated alkanes) is 1. The first-order valence-electron chi connectivity index (χ1n) is 15.1. The smallest absolute Gasteiger partial charge is 0.464 e. The number of halogens is 1. The standard InChI is InChI=1S/C30H41FN2O12/c1-17-12-21-20-7-6-18-13-19(34)8-9-27(18,2)29(20,31)23(35)14-28(21,3)30(17,39)24(36)16-44-26(38)43-15-22(32)25(37)42-10-4-5-11-45-33(40)41/h8-9,13,17,20-23,35,39H,4-7,10-12,14-16,32H2,1-3H3/t17-,20-,21-,22?,23-,27-,28-,29-,30-/m0/s1. The maximum atomic E-state index is 17.3. The quantitative estimate of drug-likeness (QED) is 0.120. The van der Waals surface area contributed by atoms with Crippen molar-refractivity contribution in [3.8, 4) is 0 Å². The molecule has 9 atom stereocenters. The Morgan fingerprint density at radius 2 is 1.87 bits per heavy atom. The van der Waals surface area contributed by atoms with Gasteiger partial charge in [0.1, 0.15) is 18.2 Å². The first-order valence-corrected chi connectivity index (χ1v) is 15.1. The van der Waals surface area contributed by atoms with E-state index in [1.807, 2.05) is 0 Å². The number of alkyl halides is 1. The molecule has 0 aliphatic heterocycles. The van der Waals surface area contributed by atoms with Crippen LogP contribution in [-0.2, 0) is 33.4 Å². The Bertz CT molecular complexity index is 1290. The van der Waals surface area contributed by atoms with Crippen molar-refractivity contribution in [1.29, 1.82) is 0 Å². The average molecular weight is 641 g/mol. The normalized spacial score (nSPS) is 37.3. The Kier molecular flexibility index (Phi) is 9.76. The highest BCUT2D eigenvalue weighted by Crippen LogP contribution is 2.70. The summed E-state index contributed by atoms with van der Waals surface area (Å²) < 4.78 is 32.0. The van der Waals surface area contributed by atoms with Gasteiger partial charge in [0.15, 0.2) is 18.1 Å². The SMILES string of the molecule is C[C@H]1C[C@H]2[C@@H]3CCC4=CC(=O)C=C[C@]4(C)[C@@]3(F)[C@@H](O)C[C@]2(C)[C@@]1(O)C(=O)COC(=O)OCC(N)C(=O)OCCCCO[N+](=O)[O-]. The van der Waals surface area contributed by atoms with Crippen LogP contribution in [0.25, 0.3) is 0 Å². The van der Waals surface area contributed by atoms with Crippen molar-refractivity contribution in [2.75, 3.05) is 26.4 Å². The molecular formula is C30H41FN2O12. The van der Waals surface area contributed by atoms with Gasteiger partial charge in [-0.2, -0.15) is 0 Å². The molecule has 4 rings (SSSR count). The van der Waals surface area contributed by atoms with Crippen LogP contribution in [0.1, 0.15) is 59.3 Å². The van der Waals surface area contributed by atoms with E-state index in [-0.39, 0.29) is 38.3 Å². The molecule has 1 unspecified atom stereocenters. The van der Waals surface area contributed by atoms with Gasteiger partial charge in [-0.05, 0) is 69.4 Å². The molecule has 0 amide bonds. The third-order valence-electron chi connectivity index (χ3n) is 10.6. The van der Waals surface area contributed by atoms with Gasteiger partial charge in [0.25, 0.3) is 5.09 Å². The number of ketones is 2. The molecule has 0 aromatic carbocycles. The Labute approximate surface area is 259 Å². The second-order valence-electron chi connectivity index (χ2n) is 13.0. The molecule has 4 aliphatic carbocycles. The summed E-state index contributed by atoms with van der Waals surface area (Å²) in [6.07, 6.45) is 2.78. The second kappa shape index (κ2) is 12.8. The molecule has 0 saturated heterocycles. The number of nitrogens with zero attached hydrogens (tertiary/aromatic N) is 1. The van der Waals surface area contributed by atoms with Gasteiger partial charge in [0, 0.05) is 16.7 Å². The molecule has 0 aromatic heterocycles. The van der Waals surface area contributed by atoms with Crippen LogP contribution in [0.5, 0.6) is 0 Å². The molecule has 0 aromatic rings. The van der Waals surface area contributed by atoms with E-state index in [1.165, 1.54) is 18.2 Å². The summed E-state index contributed by atoms with van der Waals surface area (Å²) in [6.45, 7) is 3.27. The highest BCUT2D eigenvalue weighted by Gasteiger charge is 2.75. The van der Waals surface area contributed by atoms with Gasteiger partial charge in [-0.15, -0.1) is 10.1 Å². The number of allylic oxidation sites excluding steroid dienone is 4.